The zero-order chi connectivity index (χ0) is 11.9. The van der Waals surface area contributed by atoms with Crippen molar-refractivity contribution >= 4 is 0 Å². The van der Waals surface area contributed by atoms with Gasteiger partial charge in [-0.25, -0.2) is 4.98 Å². The first-order chi connectivity index (χ1) is 7.43. The summed E-state index contributed by atoms with van der Waals surface area (Å²) in [5, 5.41) is 0. The summed E-state index contributed by atoms with van der Waals surface area (Å²) in [6.07, 6.45) is -1.75. The number of halogens is 3. The molecule has 0 aliphatic carbocycles. The minimum Gasteiger partial charge on any atom is -0.324 e. The van der Waals surface area contributed by atoms with Crippen molar-refractivity contribution in [3.8, 4) is 0 Å². The van der Waals surface area contributed by atoms with Crippen molar-refractivity contribution in [1.29, 1.82) is 0 Å². The molecule has 1 aliphatic heterocycles. The maximum absolute atomic E-state index is 12.8. The molecular formula is C11H15F3N2. The van der Waals surface area contributed by atoms with Crippen LogP contribution in [-0.4, -0.2) is 9.55 Å². The molecule has 0 spiro atoms. The Hall–Kier alpha value is -1.00. The third kappa shape index (κ3) is 1.83. The van der Waals surface area contributed by atoms with Crippen molar-refractivity contribution in [2.45, 2.75) is 45.8 Å². The molecule has 0 aromatic carbocycles. The molecule has 5 heteroatoms. The Labute approximate surface area is 92.5 Å². The summed E-state index contributed by atoms with van der Waals surface area (Å²) in [6.45, 7) is 3.92. The van der Waals surface area contributed by atoms with E-state index in [9.17, 15) is 13.2 Å². The van der Waals surface area contributed by atoms with Gasteiger partial charge in [-0.05, 0) is 19.3 Å². The zero-order valence-electron chi connectivity index (χ0n) is 9.43. The van der Waals surface area contributed by atoms with E-state index in [1.165, 1.54) is 11.5 Å². The van der Waals surface area contributed by atoms with Crippen LogP contribution in [0.15, 0.2) is 0 Å². The molecule has 0 radical (unpaired) electrons. The summed E-state index contributed by atoms with van der Waals surface area (Å²) >= 11 is 0. The Balaban J connectivity index is 2.44. The minimum absolute atomic E-state index is 0.110. The zero-order valence-corrected chi connectivity index (χ0v) is 9.43. The van der Waals surface area contributed by atoms with Crippen molar-refractivity contribution in [3.05, 3.63) is 17.2 Å². The first kappa shape index (κ1) is 11.5. The standard InChI is InChI=1S/C11H15F3N2/c1-3-8-4-5-9-15-7(2)10(11(12,13)14)16(9)6-8/h8H,3-6H2,1-2H3/t8-/m1/s1. The van der Waals surface area contributed by atoms with Crippen LogP contribution >= 0.6 is 0 Å². The predicted molar refractivity (Wildman–Crippen MR) is 54.1 cm³/mol. The van der Waals surface area contributed by atoms with E-state index in [0.29, 0.717) is 24.7 Å². The van der Waals surface area contributed by atoms with Gasteiger partial charge in [-0.3, -0.25) is 0 Å². The van der Waals surface area contributed by atoms with Gasteiger partial charge in [-0.15, -0.1) is 0 Å². The summed E-state index contributed by atoms with van der Waals surface area (Å²) in [6, 6.07) is 0. The van der Waals surface area contributed by atoms with Gasteiger partial charge < -0.3 is 4.57 Å². The van der Waals surface area contributed by atoms with Crippen molar-refractivity contribution in [2.75, 3.05) is 0 Å². The fourth-order valence-corrected chi connectivity index (χ4v) is 2.39. The predicted octanol–water partition coefficient (Wildman–Crippen LogP) is 3.18. The molecule has 0 unspecified atom stereocenters. The van der Waals surface area contributed by atoms with Crippen LogP contribution < -0.4 is 0 Å². The van der Waals surface area contributed by atoms with Crippen LogP contribution in [0.2, 0.25) is 0 Å². The minimum atomic E-state index is -4.29. The van der Waals surface area contributed by atoms with Gasteiger partial charge in [-0.2, -0.15) is 13.2 Å². The monoisotopic (exact) mass is 232 g/mol. The van der Waals surface area contributed by atoms with Crippen LogP contribution in [0.3, 0.4) is 0 Å². The van der Waals surface area contributed by atoms with Crippen molar-refractivity contribution in [2.24, 2.45) is 5.92 Å². The first-order valence-corrected chi connectivity index (χ1v) is 5.56. The van der Waals surface area contributed by atoms with Gasteiger partial charge in [0.1, 0.15) is 11.5 Å². The van der Waals surface area contributed by atoms with Crippen LogP contribution in [0.1, 0.15) is 37.0 Å². The van der Waals surface area contributed by atoms with Gasteiger partial charge in [0.05, 0.1) is 5.69 Å². The second-order valence-electron chi connectivity index (χ2n) is 4.38. The molecule has 0 N–H and O–H groups in total. The van der Waals surface area contributed by atoms with Gasteiger partial charge in [0, 0.05) is 13.0 Å². The quantitative estimate of drug-likeness (QED) is 0.727. The molecule has 90 valence electrons. The van der Waals surface area contributed by atoms with Crippen molar-refractivity contribution in [3.63, 3.8) is 0 Å². The number of aryl methyl sites for hydroxylation is 2. The van der Waals surface area contributed by atoms with Gasteiger partial charge in [-0.1, -0.05) is 13.3 Å². The van der Waals surface area contributed by atoms with E-state index in [2.05, 4.69) is 4.98 Å². The lowest BCUT2D eigenvalue weighted by Crippen LogP contribution is -2.24. The highest BCUT2D eigenvalue weighted by Gasteiger charge is 2.39. The van der Waals surface area contributed by atoms with Crippen molar-refractivity contribution < 1.29 is 13.2 Å². The largest absolute Gasteiger partial charge is 0.433 e. The molecule has 0 amide bonds. The fourth-order valence-electron chi connectivity index (χ4n) is 2.39. The smallest absolute Gasteiger partial charge is 0.324 e. The normalized spacial score (nSPS) is 20.9. The van der Waals surface area contributed by atoms with E-state index < -0.39 is 11.9 Å². The summed E-state index contributed by atoms with van der Waals surface area (Å²) in [7, 11) is 0. The Kier molecular flexibility index (Phi) is 2.72. The van der Waals surface area contributed by atoms with Gasteiger partial charge in [0.25, 0.3) is 0 Å². The summed E-state index contributed by atoms with van der Waals surface area (Å²) in [4.78, 5) is 4.03. The molecule has 0 saturated carbocycles. The van der Waals surface area contributed by atoms with Crippen LogP contribution in [0.5, 0.6) is 0 Å². The molecule has 1 aliphatic rings. The van der Waals surface area contributed by atoms with E-state index in [1.807, 2.05) is 6.92 Å². The average molecular weight is 232 g/mol. The van der Waals surface area contributed by atoms with Crippen LogP contribution in [0.25, 0.3) is 0 Å². The van der Waals surface area contributed by atoms with Gasteiger partial charge in [0.2, 0.25) is 0 Å². The van der Waals surface area contributed by atoms with E-state index in [1.54, 1.807) is 0 Å². The van der Waals surface area contributed by atoms with E-state index in [4.69, 9.17) is 0 Å². The molecule has 2 rings (SSSR count). The van der Waals surface area contributed by atoms with Crippen LogP contribution in [-0.2, 0) is 19.1 Å². The lowest BCUT2D eigenvalue weighted by atomic mass is 9.97. The summed E-state index contributed by atoms with van der Waals surface area (Å²) < 4.78 is 39.9. The van der Waals surface area contributed by atoms with Gasteiger partial charge in [0.15, 0.2) is 0 Å². The van der Waals surface area contributed by atoms with Gasteiger partial charge >= 0.3 is 6.18 Å². The fraction of sp³-hybridized carbons (Fsp3) is 0.727. The molecule has 1 aromatic heterocycles. The highest BCUT2D eigenvalue weighted by molar-refractivity contribution is 5.20. The summed E-state index contributed by atoms with van der Waals surface area (Å²) in [5.41, 5.74) is -0.445. The molecule has 16 heavy (non-hydrogen) atoms. The van der Waals surface area contributed by atoms with E-state index in [0.717, 1.165) is 12.8 Å². The number of nitrogens with zero attached hydrogens (tertiary/aromatic N) is 2. The molecule has 1 atom stereocenters. The van der Waals surface area contributed by atoms with E-state index >= 15 is 0 Å². The van der Waals surface area contributed by atoms with E-state index in [-0.39, 0.29) is 5.69 Å². The number of hydrogen-bond donors (Lipinski definition) is 0. The molecule has 2 heterocycles. The third-order valence-electron chi connectivity index (χ3n) is 3.28. The molecule has 2 nitrogen and oxygen atoms in total. The average Bonchev–Trinajstić information content (AvgIpc) is 2.51. The second-order valence-corrected chi connectivity index (χ2v) is 4.38. The lowest BCUT2D eigenvalue weighted by Gasteiger charge is -2.24. The molecular weight excluding hydrogens is 217 g/mol. The Morgan fingerprint density at radius 2 is 2.12 bits per heavy atom. The SMILES string of the molecule is CC[C@@H]1CCc2nc(C)c(C(F)(F)F)n2C1. The lowest BCUT2D eigenvalue weighted by molar-refractivity contribution is -0.144. The topological polar surface area (TPSA) is 17.8 Å². The van der Waals surface area contributed by atoms with Crippen LogP contribution in [0.4, 0.5) is 13.2 Å². The highest BCUT2D eigenvalue weighted by atomic mass is 19.4. The first-order valence-electron chi connectivity index (χ1n) is 5.56. The third-order valence-corrected chi connectivity index (χ3v) is 3.28. The second kappa shape index (κ2) is 3.79. The Morgan fingerprint density at radius 1 is 1.44 bits per heavy atom. The maximum atomic E-state index is 12.8. The molecule has 1 aromatic rings. The Morgan fingerprint density at radius 3 is 2.69 bits per heavy atom. The van der Waals surface area contributed by atoms with Crippen LogP contribution in [0, 0.1) is 12.8 Å². The number of imidazole rings is 1. The summed E-state index contributed by atoms with van der Waals surface area (Å²) in [5.74, 6) is 0.941. The molecule has 0 fully saturated rings. The number of rotatable bonds is 1. The Bertz CT molecular complexity index is 393. The molecule has 0 bridgehead atoms. The number of hydrogen-bond acceptors (Lipinski definition) is 1. The number of alkyl halides is 3. The number of fused-ring (bicyclic) bond motifs is 1. The van der Waals surface area contributed by atoms with Crippen molar-refractivity contribution in [1.82, 2.24) is 9.55 Å². The highest BCUT2D eigenvalue weighted by Crippen LogP contribution is 2.35. The molecule has 0 saturated heterocycles. The number of aromatic nitrogens is 2. The maximum Gasteiger partial charge on any atom is 0.433 e.